The van der Waals surface area contributed by atoms with E-state index >= 15 is 0 Å². The molecule has 0 bridgehead atoms. The molecule has 0 spiro atoms. The van der Waals surface area contributed by atoms with Crippen molar-refractivity contribution >= 4 is 17.6 Å². The Morgan fingerprint density at radius 2 is 2.22 bits per heavy atom. The van der Waals surface area contributed by atoms with Crippen LogP contribution in [0.5, 0.6) is 5.75 Å². The molecule has 1 unspecified atom stereocenters. The lowest BCUT2D eigenvalue weighted by molar-refractivity contribution is 0.245. The fourth-order valence-corrected chi connectivity index (χ4v) is 2.06. The smallest absolute Gasteiger partial charge is 0.315 e. The van der Waals surface area contributed by atoms with Gasteiger partial charge in [0.25, 0.3) is 0 Å². The summed E-state index contributed by atoms with van der Waals surface area (Å²) in [7, 11) is 0. The highest BCUT2D eigenvalue weighted by Gasteiger charge is 2.22. The zero-order chi connectivity index (χ0) is 12.4. The lowest BCUT2D eigenvalue weighted by Crippen LogP contribution is -2.24. The van der Waals surface area contributed by atoms with E-state index in [4.69, 9.17) is 20.8 Å². The molecule has 3 rings (SSSR count). The van der Waals surface area contributed by atoms with Crippen LogP contribution < -0.4 is 10.1 Å². The van der Waals surface area contributed by atoms with Crippen molar-refractivity contribution in [2.45, 2.75) is 18.4 Å². The quantitative estimate of drug-likeness (QED) is 0.859. The minimum Gasteiger partial charge on any atom is -0.488 e. The monoisotopic (exact) mass is 265 g/mol. The van der Waals surface area contributed by atoms with Crippen molar-refractivity contribution in [1.29, 1.82) is 0 Å². The molecule has 6 heteroatoms. The lowest BCUT2D eigenvalue weighted by Gasteiger charge is -2.09. The summed E-state index contributed by atoms with van der Waals surface area (Å²) >= 11 is 5.58. The molecule has 2 aromatic rings. The predicted molar refractivity (Wildman–Crippen MR) is 66.9 cm³/mol. The Labute approximate surface area is 109 Å². The Morgan fingerprint density at radius 1 is 1.33 bits per heavy atom. The maximum absolute atomic E-state index is 5.78. The second-order valence-corrected chi connectivity index (χ2v) is 4.33. The van der Waals surface area contributed by atoms with E-state index in [-0.39, 0.29) is 12.0 Å². The van der Waals surface area contributed by atoms with Crippen molar-refractivity contribution in [3.8, 4) is 5.75 Å². The van der Waals surface area contributed by atoms with Gasteiger partial charge in [-0.15, -0.1) is 16.7 Å². The SMILES string of the molecule is ClCc1nnc(NCC2Cc3ccccc3O2)o1. The molecular weight excluding hydrogens is 254 g/mol. The summed E-state index contributed by atoms with van der Waals surface area (Å²) in [5, 5.41) is 10.6. The van der Waals surface area contributed by atoms with Gasteiger partial charge in [0, 0.05) is 6.42 Å². The first-order valence-electron chi connectivity index (χ1n) is 5.72. The second kappa shape index (κ2) is 4.86. The number of fused-ring (bicyclic) bond motifs is 1. The minimum absolute atomic E-state index is 0.0914. The summed E-state index contributed by atoms with van der Waals surface area (Å²) in [6.07, 6.45) is 0.980. The molecule has 94 valence electrons. The number of hydrogen-bond acceptors (Lipinski definition) is 5. The Morgan fingerprint density at radius 3 is 3.00 bits per heavy atom. The molecule has 1 aromatic heterocycles. The van der Waals surface area contributed by atoms with E-state index in [0.717, 1.165) is 12.2 Å². The topological polar surface area (TPSA) is 60.2 Å². The Kier molecular flexibility index (Phi) is 3.06. The first-order valence-corrected chi connectivity index (χ1v) is 6.25. The molecule has 1 atom stereocenters. The molecule has 0 radical (unpaired) electrons. The summed E-state index contributed by atoms with van der Waals surface area (Å²) < 4.78 is 11.0. The van der Waals surface area contributed by atoms with Crippen LogP contribution in [0.1, 0.15) is 11.5 Å². The van der Waals surface area contributed by atoms with Crippen LogP contribution in [0.15, 0.2) is 28.7 Å². The average molecular weight is 266 g/mol. The van der Waals surface area contributed by atoms with Crippen LogP contribution in [0.25, 0.3) is 0 Å². The number of halogens is 1. The summed E-state index contributed by atoms with van der Waals surface area (Å²) in [5.74, 6) is 1.59. The largest absolute Gasteiger partial charge is 0.488 e. The molecular formula is C12H12ClN3O2. The Balaban J connectivity index is 1.57. The van der Waals surface area contributed by atoms with Crippen LogP contribution in [-0.2, 0) is 12.3 Å². The Bertz CT molecular complexity index is 519. The number of ether oxygens (including phenoxy) is 1. The van der Waals surface area contributed by atoms with Gasteiger partial charge in [-0.25, -0.2) is 0 Å². The standard InChI is InChI=1S/C12H12ClN3O2/c13-6-11-15-16-12(18-11)14-7-9-5-8-3-1-2-4-10(8)17-9/h1-4,9H,5-7H2,(H,14,16). The van der Waals surface area contributed by atoms with Crippen molar-refractivity contribution in [3.63, 3.8) is 0 Å². The third-order valence-corrected chi connectivity index (χ3v) is 3.00. The van der Waals surface area contributed by atoms with E-state index < -0.39 is 0 Å². The highest BCUT2D eigenvalue weighted by Crippen LogP contribution is 2.28. The van der Waals surface area contributed by atoms with Gasteiger partial charge in [0.05, 0.1) is 6.54 Å². The van der Waals surface area contributed by atoms with E-state index in [1.807, 2.05) is 18.2 Å². The van der Waals surface area contributed by atoms with Gasteiger partial charge in [-0.3, -0.25) is 0 Å². The van der Waals surface area contributed by atoms with Gasteiger partial charge in [-0.2, -0.15) is 0 Å². The number of nitrogens with one attached hydrogen (secondary N) is 1. The highest BCUT2D eigenvalue weighted by molar-refractivity contribution is 6.16. The van der Waals surface area contributed by atoms with E-state index in [2.05, 4.69) is 21.6 Å². The normalized spacial score (nSPS) is 17.3. The summed E-state index contributed by atoms with van der Waals surface area (Å²) in [4.78, 5) is 0. The second-order valence-electron chi connectivity index (χ2n) is 4.07. The van der Waals surface area contributed by atoms with E-state index in [9.17, 15) is 0 Å². The third kappa shape index (κ3) is 2.26. The van der Waals surface area contributed by atoms with Gasteiger partial charge >= 0.3 is 6.01 Å². The van der Waals surface area contributed by atoms with Gasteiger partial charge < -0.3 is 14.5 Å². The zero-order valence-electron chi connectivity index (χ0n) is 9.60. The first-order chi connectivity index (χ1) is 8.85. The molecule has 5 nitrogen and oxygen atoms in total. The maximum Gasteiger partial charge on any atom is 0.315 e. The van der Waals surface area contributed by atoms with Crippen molar-refractivity contribution in [2.24, 2.45) is 0 Å². The third-order valence-electron chi connectivity index (χ3n) is 2.78. The molecule has 0 fully saturated rings. The number of alkyl halides is 1. The molecule has 1 N–H and O–H groups in total. The molecule has 0 aliphatic carbocycles. The van der Waals surface area contributed by atoms with Crippen LogP contribution in [-0.4, -0.2) is 22.8 Å². The van der Waals surface area contributed by atoms with Crippen LogP contribution in [0.4, 0.5) is 6.01 Å². The maximum atomic E-state index is 5.78. The van der Waals surface area contributed by atoms with Crippen LogP contribution in [0.2, 0.25) is 0 Å². The summed E-state index contributed by atoms with van der Waals surface area (Å²) in [6, 6.07) is 8.42. The molecule has 0 saturated heterocycles. The molecule has 0 amide bonds. The molecule has 0 saturated carbocycles. The van der Waals surface area contributed by atoms with Gasteiger partial charge in [0.15, 0.2) is 0 Å². The number of aromatic nitrogens is 2. The fraction of sp³-hybridized carbons (Fsp3) is 0.333. The van der Waals surface area contributed by atoms with Gasteiger partial charge in [-0.1, -0.05) is 23.3 Å². The molecule has 1 aliphatic heterocycles. The number of benzene rings is 1. The molecule has 1 aliphatic rings. The number of hydrogen-bond donors (Lipinski definition) is 1. The van der Waals surface area contributed by atoms with Gasteiger partial charge in [0.2, 0.25) is 5.89 Å². The van der Waals surface area contributed by atoms with Crippen LogP contribution in [0.3, 0.4) is 0 Å². The van der Waals surface area contributed by atoms with Crippen LogP contribution in [0, 0.1) is 0 Å². The first kappa shape index (κ1) is 11.3. The fourth-order valence-electron chi connectivity index (χ4n) is 1.95. The minimum atomic E-state index is 0.0914. The summed E-state index contributed by atoms with van der Waals surface area (Å²) in [5.41, 5.74) is 1.23. The van der Waals surface area contributed by atoms with Crippen molar-refractivity contribution in [2.75, 3.05) is 11.9 Å². The van der Waals surface area contributed by atoms with E-state index in [0.29, 0.717) is 18.5 Å². The lowest BCUT2D eigenvalue weighted by atomic mass is 10.1. The average Bonchev–Trinajstić information content (AvgIpc) is 3.02. The number of nitrogens with zero attached hydrogens (tertiary/aromatic N) is 2. The number of rotatable bonds is 4. The Hall–Kier alpha value is -1.75. The van der Waals surface area contributed by atoms with Crippen molar-refractivity contribution < 1.29 is 9.15 Å². The van der Waals surface area contributed by atoms with Crippen molar-refractivity contribution in [1.82, 2.24) is 10.2 Å². The number of para-hydroxylation sites is 1. The zero-order valence-corrected chi connectivity index (χ0v) is 10.4. The molecule has 18 heavy (non-hydrogen) atoms. The van der Waals surface area contributed by atoms with Crippen molar-refractivity contribution in [3.05, 3.63) is 35.7 Å². The number of anilines is 1. The molecule has 2 heterocycles. The van der Waals surface area contributed by atoms with Gasteiger partial charge in [0.1, 0.15) is 17.7 Å². The molecule has 1 aromatic carbocycles. The van der Waals surface area contributed by atoms with Gasteiger partial charge in [-0.05, 0) is 11.6 Å². The summed E-state index contributed by atoms with van der Waals surface area (Å²) in [6.45, 7) is 0.624. The van der Waals surface area contributed by atoms with E-state index in [1.54, 1.807) is 0 Å². The van der Waals surface area contributed by atoms with E-state index in [1.165, 1.54) is 5.56 Å². The highest BCUT2D eigenvalue weighted by atomic mass is 35.5. The van der Waals surface area contributed by atoms with Crippen LogP contribution >= 0.6 is 11.6 Å². The predicted octanol–water partition coefficient (Wildman–Crippen LogP) is 2.22.